The lowest BCUT2D eigenvalue weighted by Crippen LogP contribution is -2.28. The highest BCUT2D eigenvalue weighted by atomic mass is 32.2. The van der Waals surface area contributed by atoms with Crippen molar-refractivity contribution >= 4 is 10.0 Å². The maximum absolute atomic E-state index is 12.1. The Morgan fingerprint density at radius 2 is 1.71 bits per heavy atom. The van der Waals surface area contributed by atoms with E-state index in [1.54, 1.807) is 31.5 Å². The number of pyridine rings is 1. The molecular weight excluding hydrogens is 332 g/mol. The summed E-state index contributed by atoms with van der Waals surface area (Å²) in [6.45, 7) is 1.81. The van der Waals surface area contributed by atoms with Crippen LogP contribution in [-0.4, -0.2) is 33.3 Å². The molecular formula is C14H12N6O3S. The number of aromatic nitrogens is 5. The minimum Gasteiger partial charge on any atom is -0.373 e. The fourth-order valence-electron chi connectivity index (χ4n) is 1.67. The van der Waals surface area contributed by atoms with Crippen LogP contribution in [0, 0.1) is 6.92 Å². The molecule has 0 unspecified atom stereocenters. The lowest BCUT2D eigenvalue weighted by molar-refractivity contribution is 0.257. The van der Waals surface area contributed by atoms with Gasteiger partial charge >= 0.3 is 0 Å². The highest BCUT2D eigenvalue weighted by Gasteiger charge is 2.17. The number of nitrogens with one attached hydrogen (secondary N) is 1. The first kappa shape index (κ1) is 15.9. The molecule has 1 N–H and O–H groups in total. The van der Waals surface area contributed by atoms with Gasteiger partial charge in [-0.15, -0.1) is 0 Å². The van der Waals surface area contributed by atoms with Crippen LogP contribution in [0.2, 0.25) is 0 Å². The second kappa shape index (κ2) is 6.64. The number of hydrogen-bond donors (Lipinski definition) is 1. The minimum atomic E-state index is -3.93. The maximum atomic E-state index is 12.1. The molecule has 10 heteroatoms. The number of aryl methyl sites for hydroxylation is 1. The van der Waals surface area contributed by atoms with E-state index in [1.165, 1.54) is 24.5 Å². The van der Waals surface area contributed by atoms with Crippen LogP contribution in [0.15, 0.2) is 54.1 Å². The number of hydrogen-bond acceptors (Lipinski definition) is 8. The highest BCUT2D eigenvalue weighted by molar-refractivity contribution is 7.89. The molecule has 24 heavy (non-hydrogen) atoms. The minimum absolute atomic E-state index is 0.00291. The van der Waals surface area contributed by atoms with Gasteiger partial charge in [0.05, 0.1) is 0 Å². The summed E-state index contributed by atoms with van der Waals surface area (Å²) < 4.78 is 24.2. The first-order valence-corrected chi connectivity index (χ1v) is 8.25. The van der Waals surface area contributed by atoms with Gasteiger partial charge in [0.2, 0.25) is 11.7 Å². The third-order valence-electron chi connectivity index (χ3n) is 2.81. The van der Waals surface area contributed by atoms with Crippen molar-refractivity contribution in [3.63, 3.8) is 0 Å². The van der Waals surface area contributed by atoms with Crippen LogP contribution in [-0.2, 0) is 10.0 Å². The molecule has 0 fully saturated rings. The van der Waals surface area contributed by atoms with Gasteiger partial charge in [-0.1, -0.05) is 6.07 Å². The SMILES string of the molecule is Cc1ccc(S(=O)(=O)NOc2ccnc(-c3ncccn3)n2)nc1. The summed E-state index contributed by atoms with van der Waals surface area (Å²) in [6, 6.07) is 6.07. The molecule has 0 aliphatic carbocycles. The van der Waals surface area contributed by atoms with Gasteiger partial charge in [-0.2, -0.15) is 4.98 Å². The average Bonchev–Trinajstić information content (AvgIpc) is 2.61. The van der Waals surface area contributed by atoms with Crippen LogP contribution in [0.1, 0.15) is 5.56 Å². The van der Waals surface area contributed by atoms with E-state index in [-0.39, 0.29) is 16.7 Å². The first-order valence-electron chi connectivity index (χ1n) is 6.76. The molecule has 0 saturated heterocycles. The molecule has 122 valence electrons. The zero-order chi connectivity index (χ0) is 17.0. The van der Waals surface area contributed by atoms with Crippen LogP contribution in [0.4, 0.5) is 0 Å². The quantitative estimate of drug-likeness (QED) is 0.678. The van der Waals surface area contributed by atoms with Crippen molar-refractivity contribution < 1.29 is 13.3 Å². The van der Waals surface area contributed by atoms with Crippen molar-refractivity contribution in [1.82, 2.24) is 29.8 Å². The number of rotatable bonds is 5. The topological polar surface area (TPSA) is 120 Å². The molecule has 0 saturated carbocycles. The monoisotopic (exact) mass is 344 g/mol. The fourth-order valence-corrected chi connectivity index (χ4v) is 2.39. The van der Waals surface area contributed by atoms with Crippen LogP contribution >= 0.6 is 0 Å². The molecule has 0 radical (unpaired) electrons. The lowest BCUT2D eigenvalue weighted by atomic mass is 10.3. The van der Waals surface area contributed by atoms with Gasteiger partial charge in [-0.05, 0) is 29.5 Å². The zero-order valence-corrected chi connectivity index (χ0v) is 13.3. The van der Waals surface area contributed by atoms with Gasteiger partial charge in [0.25, 0.3) is 10.0 Å². The van der Waals surface area contributed by atoms with Crippen molar-refractivity contribution in [2.75, 3.05) is 0 Å². The third-order valence-corrected chi connectivity index (χ3v) is 3.91. The Bertz CT molecular complexity index is 932. The Labute approximate surface area is 137 Å². The van der Waals surface area contributed by atoms with Crippen molar-refractivity contribution in [3.8, 4) is 17.5 Å². The van der Waals surface area contributed by atoms with E-state index in [0.717, 1.165) is 5.56 Å². The summed E-state index contributed by atoms with van der Waals surface area (Å²) in [5, 5.41) is -0.159. The van der Waals surface area contributed by atoms with Gasteiger partial charge in [0.15, 0.2) is 10.9 Å². The van der Waals surface area contributed by atoms with E-state index in [0.29, 0.717) is 5.82 Å². The van der Waals surface area contributed by atoms with Gasteiger partial charge in [-0.3, -0.25) is 0 Å². The largest absolute Gasteiger partial charge is 0.373 e. The Kier molecular flexibility index (Phi) is 4.40. The van der Waals surface area contributed by atoms with Gasteiger partial charge in [-0.25, -0.2) is 28.4 Å². The van der Waals surface area contributed by atoms with E-state index in [1.807, 2.05) is 4.89 Å². The zero-order valence-electron chi connectivity index (χ0n) is 12.5. The van der Waals surface area contributed by atoms with E-state index >= 15 is 0 Å². The van der Waals surface area contributed by atoms with E-state index in [4.69, 9.17) is 4.84 Å². The van der Waals surface area contributed by atoms with Crippen LogP contribution in [0.25, 0.3) is 11.6 Å². The standard InChI is InChI=1S/C14H12N6O3S/c1-10-3-4-12(18-9-10)24(21,22)20-23-11-5-8-17-14(19-11)13-15-6-2-7-16-13/h2-9,20H,1H3. The molecule has 0 bridgehead atoms. The summed E-state index contributed by atoms with van der Waals surface area (Å²) in [5.74, 6) is 0.509. The van der Waals surface area contributed by atoms with Crippen LogP contribution in [0.5, 0.6) is 5.88 Å². The lowest BCUT2D eigenvalue weighted by Gasteiger charge is -2.07. The second-order valence-electron chi connectivity index (χ2n) is 4.65. The molecule has 0 aliphatic heterocycles. The first-order chi connectivity index (χ1) is 11.5. The molecule has 3 aromatic heterocycles. The maximum Gasteiger partial charge on any atom is 0.288 e. The van der Waals surface area contributed by atoms with Crippen LogP contribution < -0.4 is 9.72 Å². The molecule has 0 amide bonds. The molecule has 0 aromatic carbocycles. The van der Waals surface area contributed by atoms with E-state index in [9.17, 15) is 8.42 Å². The summed E-state index contributed by atoms with van der Waals surface area (Å²) in [6.07, 6.45) is 5.95. The van der Waals surface area contributed by atoms with Crippen molar-refractivity contribution in [2.24, 2.45) is 0 Å². The van der Waals surface area contributed by atoms with E-state index in [2.05, 4.69) is 24.9 Å². The highest BCUT2D eigenvalue weighted by Crippen LogP contribution is 2.13. The Hall–Kier alpha value is -2.98. The molecule has 0 spiro atoms. The van der Waals surface area contributed by atoms with Crippen molar-refractivity contribution in [1.29, 1.82) is 0 Å². The van der Waals surface area contributed by atoms with E-state index < -0.39 is 10.0 Å². The third kappa shape index (κ3) is 3.67. The van der Waals surface area contributed by atoms with Crippen molar-refractivity contribution in [2.45, 2.75) is 11.9 Å². The van der Waals surface area contributed by atoms with Gasteiger partial charge < -0.3 is 4.84 Å². The molecule has 0 atom stereocenters. The fraction of sp³-hybridized carbons (Fsp3) is 0.0714. The molecule has 9 nitrogen and oxygen atoms in total. The summed E-state index contributed by atoms with van der Waals surface area (Å²) >= 11 is 0. The second-order valence-corrected chi connectivity index (χ2v) is 6.25. The molecule has 3 aromatic rings. The predicted molar refractivity (Wildman–Crippen MR) is 83.0 cm³/mol. The van der Waals surface area contributed by atoms with Gasteiger partial charge in [0.1, 0.15) is 0 Å². The predicted octanol–water partition coefficient (Wildman–Crippen LogP) is 0.909. The summed E-state index contributed by atoms with van der Waals surface area (Å²) in [5.41, 5.74) is 0.846. The molecule has 0 aliphatic rings. The number of nitrogens with zero attached hydrogens (tertiary/aromatic N) is 5. The Balaban J connectivity index is 1.76. The van der Waals surface area contributed by atoms with Crippen molar-refractivity contribution in [3.05, 3.63) is 54.6 Å². The summed E-state index contributed by atoms with van der Waals surface area (Å²) in [7, 11) is -3.93. The average molecular weight is 344 g/mol. The Morgan fingerprint density at radius 3 is 2.42 bits per heavy atom. The normalized spacial score (nSPS) is 11.2. The summed E-state index contributed by atoms with van der Waals surface area (Å²) in [4.78, 5) is 26.9. The smallest absolute Gasteiger partial charge is 0.288 e. The molecule has 3 rings (SSSR count). The number of sulfonamides is 1. The van der Waals surface area contributed by atoms with Crippen LogP contribution in [0.3, 0.4) is 0 Å². The van der Waals surface area contributed by atoms with Gasteiger partial charge in [0, 0.05) is 30.9 Å². The Morgan fingerprint density at radius 1 is 0.958 bits per heavy atom. The molecule has 3 heterocycles.